The number of aromatic nitrogens is 2. The average Bonchev–Trinajstić information content (AvgIpc) is 2.37. The van der Waals surface area contributed by atoms with Gasteiger partial charge in [0.25, 0.3) is 5.91 Å². The van der Waals surface area contributed by atoms with Crippen LogP contribution in [-0.2, 0) is 0 Å². The van der Waals surface area contributed by atoms with E-state index in [4.69, 9.17) is 0 Å². The summed E-state index contributed by atoms with van der Waals surface area (Å²) in [5.74, 6) is -0.316. The molecular weight excluding hydrogens is 254 g/mol. The van der Waals surface area contributed by atoms with E-state index in [1.165, 1.54) is 12.1 Å². The minimum atomic E-state index is -0.316. The molecule has 2 rings (SSSR count). The second kappa shape index (κ2) is 5.69. The van der Waals surface area contributed by atoms with E-state index in [1.54, 1.807) is 13.1 Å². The van der Waals surface area contributed by atoms with Crippen molar-refractivity contribution in [2.45, 2.75) is 26.8 Å². The molecule has 0 radical (unpaired) electrons. The van der Waals surface area contributed by atoms with E-state index in [2.05, 4.69) is 15.3 Å². The van der Waals surface area contributed by atoms with Gasteiger partial charge in [-0.3, -0.25) is 14.6 Å². The maximum atomic E-state index is 12.1. The summed E-state index contributed by atoms with van der Waals surface area (Å²) in [7, 11) is 0. The van der Waals surface area contributed by atoms with Crippen LogP contribution in [0, 0.1) is 13.8 Å². The molecule has 20 heavy (non-hydrogen) atoms. The van der Waals surface area contributed by atoms with Gasteiger partial charge in [-0.1, -0.05) is 6.07 Å². The monoisotopic (exact) mass is 271 g/mol. The van der Waals surface area contributed by atoms with Gasteiger partial charge in [0.2, 0.25) is 0 Å². The zero-order valence-electron chi connectivity index (χ0n) is 11.7. The lowest BCUT2D eigenvalue weighted by molar-refractivity contribution is 0.0933. The number of aromatic amines is 1. The van der Waals surface area contributed by atoms with Gasteiger partial charge in [-0.25, -0.2) is 0 Å². The Hall–Kier alpha value is -2.43. The lowest BCUT2D eigenvalue weighted by Gasteiger charge is -2.15. The highest BCUT2D eigenvalue weighted by atomic mass is 16.2. The molecule has 5 nitrogen and oxygen atoms in total. The Labute approximate surface area is 117 Å². The third-order valence-electron chi connectivity index (χ3n) is 3.03. The summed E-state index contributed by atoms with van der Waals surface area (Å²) in [6, 6.07) is 6.31. The van der Waals surface area contributed by atoms with Crippen molar-refractivity contribution in [3.8, 4) is 0 Å². The normalized spacial score (nSPS) is 11.9. The first kappa shape index (κ1) is 14.0. The summed E-state index contributed by atoms with van der Waals surface area (Å²) in [4.78, 5) is 30.7. The third kappa shape index (κ3) is 3.12. The summed E-state index contributed by atoms with van der Waals surface area (Å²) in [6.07, 6.45) is 1.69. The highest BCUT2D eigenvalue weighted by molar-refractivity contribution is 5.92. The van der Waals surface area contributed by atoms with Gasteiger partial charge < -0.3 is 10.3 Å². The van der Waals surface area contributed by atoms with Crippen molar-refractivity contribution in [1.29, 1.82) is 0 Å². The number of nitrogens with zero attached hydrogens (tertiary/aromatic N) is 1. The second-order valence-electron chi connectivity index (χ2n) is 4.81. The van der Waals surface area contributed by atoms with Gasteiger partial charge in [-0.05, 0) is 32.4 Å². The highest BCUT2D eigenvalue weighted by Crippen LogP contribution is 2.14. The van der Waals surface area contributed by atoms with Gasteiger partial charge in [0.05, 0.1) is 11.7 Å². The minimum Gasteiger partial charge on any atom is -0.354 e. The Morgan fingerprint density at radius 3 is 2.75 bits per heavy atom. The van der Waals surface area contributed by atoms with E-state index in [9.17, 15) is 9.59 Å². The van der Waals surface area contributed by atoms with E-state index >= 15 is 0 Å². The number of hydrogen-bond acceptors (Lipinski definition) is 3. The van der Waals surface area contributed by atoms with Gasteiger partial charge in [0, 0.05) is 24.0 Å². The molecule has 0 aliphatic carbocycles. The van der Waals surface area contributed by atoms with Gasteiger partial charge in [-0.2, -0.15) is 0 Å². The quantitative estimate of drug-likeness (QED) is 0.895. The molecule has 2 aromatic rings. The lowest BCUT2D eigenvalue weighted by Crippen LogP contribution is -2.29. The van der Waals surface area contributed by atoms with Gasteiger partial charge >= 0.3 is 0 Å². The Kier molecular flexibility index (Phi) is 3.98. The SMILES string of the molecule is Cc1cc(=O)cc(C(=O)NC(C)c2ncccc2C)[nH]1. The zero-order chi connectivity index (χ0) is 14.7. The van der Waals surface area contributed by atoms with E-state index in [0.29, 0.717) is 5.69 Å². The molecule has 2 aromatic heterocycles. The van der Waals surface area contributed by atoms with Crippen LogP contribution in [-0.4, -0.2) is 15.9 Å². The summed E-state index contributed by atoms with van der Waals surface area (Å²) >= 11 is 0. The summed E-state index contributed by atoms with van der Waals surface area (Å²) in [5, 5.41) is 2.84. The fourth-order valence-electron chi connectivity index (χ4n) is 2.10. The van der Waals surface area contributed by atoms with Crippen LogP contribution < -0.4 is 10.7 Å². The summed E-state index contributed by atoms with van der Waals surface area (Å²) in [6.45, 7) is 5.55. The van der Waals surface area contributed by atoms with Crippen molar-refractivity contribution in [3.63, 3.8) is 0 Å². The topological polar surface area (TPSA) is 74.8 Å². The Morgan fingerprint density at radius 1 is 1.35 bits per heavy atom. The number of rotatable bonds is 3. The molecule has 0 saturated heterocycles. The number of hydrogen-bond donors (Lipinski definition) is 2. The largest absolute Gasteiger partial charge is 0.354 e. The fourth-order valence-corrected chi connectivity index (χ4v) is 2.10. The van der Waals surface area contributed by atoms with Crippen LogP contribution in [0.25, 0.3) is 0 Å². The molecule has 0 aliphatic rings. The van der Waals surface area contributed by atoms with Crippen LogP contribution in [0.1, 0.15) is 40.4 Å². The third-order valence-corrected chi connectivity index (χ3v) is 3.03. The molecule has 0 aliphatic heterocycles. The van der Waals surface area contributed by atoms with Crippen molar-refractivity contribution in [2.24, 2.45) is 0 Å². The first-order valence-corrected chi connectivity index (χ1v) is 6.40. The zero-order valence-corrected chi connectivity index (χ0v) is 11.7. The van der Waals surface area contributed by atoms with Crippen molar-refractivity contribution in [3.05, 3.63) is 63.3 Å². The molecule has 0 aromatic carbocycles. The molecule has 104 valence electrons. The molecule has 0 bridgehead atoms. The molecule has 1 unspecified atom stereocenters. The van der Waals surface area contributed by atoms with Gasteiger partial charge in [0.1, 0.15) is 5.69 Å². The summed E-state index contributed by atoms with van der Waals surface area (Å²) in [5.41, 5.74) is 2.56. The molecule has 0 spiro atoms. The number of aryl methyl sites for hydroxylation is 2. The molecule has 5 heteroatoms. The van der Waals surface area contributed by atoms with E-state index in [1.807, 2.05) is 26.0 Å². The number of pyridine rings is 2. The van der Waals surface area contributed by atoms with Crippen LogP contribution in [0.5, 0.6) is 0 Å². The Morgan fingerprint density at radius 2 is 2.10 bits per heavy atom. The average molecular weight is 271 g/mol. The standard InChI is InChI=1S/C15H17N3O2/c1-9-5-4-6-16-14(9)11(3)18-15(20)13-8-12(19)7-10(2)17-13/h4-8,11H,1-3H3,(H,17,19)(H,18,20). The number of carbonyl (C=O) groups is 1. The van der Waals surface area contributed by atoms with E-state index < -0.39 is 0 Å². The minimum absolute atomic E-state index is 0.187. The lowest BCUT2D eigenvalue weighted by atomic mass is 10.1. The van der Waals surface area contributed by atoms with Crippen LogP contribution in [0.3, 0.4) is 0 Å². The number of nitrogens with one attached hydrogen (secondary N) is 2. The van der Waals surface area contributed by atoms with E-state index in [-0.39, 0.29) is 23.1 Å². The first-order chi connectivity index (χ1) is 9.47. The molecular formula is C15H17N3O2. The van der Waals surface area contributed by atoms with Crippen molar-refractivity contribution >= 4 is 5.91 Å². The molecule has 1 atom stereocenters. The predicted molar refractivity (Wildman–Crippen MR) is 76.7 cm³/mol. The smallest absolute Gasteiger partial charge is 0.268 e. The van der Waals surface area contributed by atoms with Crippen LogP contribution in [0.15, 0.2) is 35.3 Å². The Bertz CT molecular complexity index is 692. The number of amides is 1. The molecule has 2 heterocycles. The van der Waals surface area contributed by atoms with Crippen molar-refractivity contribution in [1.82, 2.24) is 15.3 Å². The second-order valence-corrected chi connectivity index (χ2v) is 4.81. The molecule has 0 saturated carbocycles. The number of carbonyl (C=O) groups excluding carboxylic acids is 1. The van der Waals surface area contributed by atoms with Crippen molar-refractivity contribution < 1.29 is 4.79 Å². The Balaban J connectivity index is 2.19. The molecule has 2 N–H and O–H groups in total. The van der Waals surface area contributed by atoms with Gasteiger partial charge in [0.15, 0.2) is 5.43 Å². The first-order valence-electron chi connectivity index (χ1n) is 6.40. The van der Waals surface area contributed by atoms with Crippen LogP contribution in [0.4, 0.5) is 0 Å². The number of H-pyrrole nitrogens is 1. The van der Waals surface area contributed by atoms with Crippen molar-refractivity contribution in [2.75, 3.05) is 0 Å². The highest BCUT2D eigenvalue weighted by Gasteiger charge is 2.14. The fraction of sp³-hybridized carbons (Fsp3) is 0.267. The maximum absolute atomic E-state index is 12.1. The summed E-state index contributed by atoms with van der Waals surface area (Å²) < 4.78 is 0. The molecule has 1 amide bonds. The molecule has 0 fully saturated rings. The van der Waals surface area contributed by atoms with E-state index in [0.717, 1.165) is 11.3 Å². The van der Waals surface area contributed by atoms with Crippen LogP contribution in [0.2, 0.25) is 0 Å². The maximum Gasteiger partial charge on any atom is 0.268 e. The van der Waals surface area contributed by atoms with Crippen LogP contribution >= 0.6 is 0 Å². The van der Waals surface area contributed by atoms with Gasteiger partial charge in [-0.15, -0.1) is 0 Å². The predicted octanol–water partition coefficient (Wildman–Crippen LogP) is 1.88.